The average molecular weight is 443 g/mol. The van der Waals surface area contributed by atoms with Crippen molar-refractivity contribution in [1.29, 1.82) is 0 Å². The van der Waals surface area contributed by atoms with Crippen molar-refractivity contribution in [2.75, 3.05) is 13.6 Å². The highest BCUT2D eigenvalue weighted by atomic mass is 127. The lowest BCUT2D eigenvalue weighted by molar-refractivity contribution is 0.0793. The summed E-state index contributed by atoms with van der Waals surface area (Å²) >= 11 is 2.17. The summed E-state index contributed by atoms with van der Waals surface area (Å²) in [5.74, 6) is -1.99. The Balaban J connectivity index is 2.02. The minimum Gasteiger partial charge on any atom is -0.341 e. The smallest absolute Gasteiger partial charge is 0.254 e. The fourth-order valence-corrected chi connectivity index (χ4v) is 3.47. The predicted octanol–water partition coefficient (Wildman–Crippen LogP) is 3.90. The summed E-state index contributed by atoms with van der Waals surface area (Å²) in [5.41, 5.74) is 1.37. The van der Waals surface area contributed by atoms with Crippen molar-refractivity contribution < 1.29 is 18.4 Å². The average Bonchev–Trinajstić information content (AvgIpc) is 2.57. The van der Waals surface area contributed by atoms with Gasteiger partial charge in [0.2, 0.25) is 0 Å². The van der Waals surface area contributed by atoms with E-state index in [9.17, 15) is 18.4 Å². The first-order chi connectivity index (χ1) is 11.4. The minimum atomic E-state index is -0.875. The van der Waals surface area contributed by atoms with Crippen LogP contribution in [0, 0.1) is 11.6 Å². The summed E-state index contributed by atoms with van der Waals surface area (Å²) < 4.78 is 26.2. The molecule has 1 unspecified atom stereocenters. The molecule has 0 radical (unpaired) electrons. The molecule has 0 aromatic heterocycles. The zero-order valence-corrected chi connectivity index (χ0v) is 15.2. The van der Waals surface area contributed by atoms with Crippen LogP contribution in [0.5, 0.6) is 0 Å². The second-order valence-corrected chi connectivity index (χ2v) is 7.20. The van der Waals surface area contributed by atoms with E-state index in [2.05, 4.69) is 22.6 Å². The number of nitrogens with zero attached hydrogens (tertiary/aromatic N) is 1. The van der Waals surface area contributed by atoms with Crippen LogP contribution in [0.1, 0.15) is 26.3 Å². The monoisotopic (exact) mass is 443 g/mol. The van der Waals surface area contributed by atoms with E-state index in [1.807, 2.05) is 0 Å². The highest BCUT2D eigenvalue weighted by Crippen LogP contribution is 2.16. The Bertz CT molecular complexity index is 752. The van der Waals surface area contributed by atoms with Crippen LogP contribution in [0.4, 0.5) is 8.78 Å². The van der Waals surface area contributed by atoms with Gasteiger partial charge in [0.1, 0.15) is 0 Å². The van der Waals surface area contributed by atoms with Gasteiger partial charge in [-0.2, -0.15) is 0 Å². The molecule has 0 spiro atoms. The van der Waals surface area contributed by atoms with Gasteiger partial charge in [0.05, 0.1) is 5.56 Å². The molecular formula is C18H16F2INO2. The Morgan fingerprint density at radius 3 is 2.58 bits per heavy atom. The van der Waals surface area contributed by atoms with Crippen molar-refractivity contribution >= 4 is 34.8 Å². The Labute approximate surface area is 152 Å². The number of rotatable bonds is 6. The van der Waals surface area contributed by atoms with Crippen LogP contribution in [-0.4, -0.2) is 34.6 Å². The number of amides is 1. The summed E-state index contributed by atoms with van der Waals surface area (Å²) in [6, 6.07) is 10.4. The molecule has 126 valence electrons. The topological polar surface area (TPSA) is 37.4 Å². The van der Waals surface area contributed by atoms with Crippen LogP contribution < -0.4 is 0 Å². The van der Waals surface area contributed by atoms with Crippen molar-refractivity contribution in [3.8, 4) is 0 Å². The maximum atomic E-state index is 13.3. The predicted molar refractivity (Wildman–Crippen MR) is 96.7 cm³/mol. The quantitative estimate of drug-likeness (QED) is 0.386. The molecule has 2 aromatic carbocycles. The van der Waals surface area contributed by atoms with Crippen LogP contribution >= 0.6 is 22.6 Å². The number of alkyl halides is 1. The third kappa shape index (κ3) is 4.59. The number of hydrogen-bond donors (Lipinski definition) is 0. The van der Waals surface area contributed by atoms with Crippen molar-refractivity contribution in [3.63, 3.8) is 0 Å². The number of hydrogen-bond acceptors (Lipinski definition) is 2. The van der Waals surface area contributed by atoms with E-state index in [-0.39, 0.29) is 9.83 Å². The van der Waals surface area contributed by atoms with Crippen LogP contribution in [0.15, 0.2) is 42.5 Å². The number of halogens is 3. The van der Waals surface area contributed by atoms with Gasteiger partial charge in [-0.3, -0.25) is 9.59 Å². The summed E-state index contributed by atoms with van der Waals surface area (Å²) in [4.78, 5) is 25.0. The van der Waals surface area contributed by atoms with E-state index in [4.69, 9.17) is 0 Å². The second-order valence-electron chi connectivity index (χ2n) is 5.44. The zero-order chi connectivity index (χ0) is 17.7. The van der Waals surface area contributed by atoms with Crippen LogP contribution in [-0.2, 0) is 6.42 Å². The first-order valence-electron chi connectivity index (χ1n) is 7.30. The summed E-state index contributed by atoms with van der Waals surface area (Å²) in [7, 11) is 1.65. The lowest BCUT2D eigenvalue weighted by Gasteiger charge is -2.21. The summed E-state index contributed by atoms with van der Waals surface area (Å²) in [6.45, 7) is 0.422. The second kappa shape index (κ2) is 8.32. The largest absolute Gasteiger partial charge is 0.341 e. The summed E-state index contributed by atoms with van der Waals surface area (Å²) in [5, 5.41) is 0. The molecule has 0 bridgehead atoms. The lowest BCUT2D eigenvalue weighted by Crippen LogP contribution is -2.33. The fourth-order valence-electron chi connectivity index (χ4n) is 2.37. The van der Waals surface area contributed by atoms with Crippen molar-refractivity contribution in [2.24, 2.45) is 0 Å². The van der Waals surface area contributed by atoms with Gasteiger partial charge in [-0.15, -0.1) is 0 Å². The molecule has 0 aliphatic carbocycles. The van der Waals surface area contributed by atoms with E-state index < -0.39 is 11.6 Å². The first kappa shape index (κ1) is 18.5. The SMILES string of the molecule is CN(CC(I)Cc1ccc(F)c(F)c1)C(=O)c1ccccc1C=O. The molecule has 0 fully saturated rings. The van der Waals surface area contributed by atoms with E-state index >= 15 is 0 Å². The zero-order valence-electron chi connectivity index (χ0n) is 13.0. The molecule has 0 N–H and O–H groups in total. The lowest BCUT2D eigenvalue weighted by atomic mass is 10.1. The van der Waals surface area contributed by atoms with Crippen molar-refractivity contribution in [3.05, 3.63) is 70.8 Å². The highest BCUT2D eigenvalue weighted by Gasteiger charge is 2.18. The molecule has 2 aromatic rings. The Morgan fingerprint density at radius 1 is 1.21 bits per heavy atom. The molecule has 1 amide bonds. The molecule has 0 saturated carbocycles. The molecule has 1 atom stereocenters. The number of aldehydes is 1. The third-order valence-electron chi connectivity index (χ3n) is 3.58. The molecule has 3 nitrogen and oxygen atoms in total. The molecule has 24 heavy (non-hydrogen) atoms. The van der Waals surface area contributed by atoms with Crippen LogP contribution in [0.2, 0.25) is 0 Å². The minimum absolute atomic E-state index is 0.0183. The van der Waals surface area contributed by atoms with Gasteiger partial charge in [-0.25, -0.2) is 8.78 Å². The normalized spacial score (nSPS) is 11.8. The van der Waals surface area contributed by atoms with Crippen LogP contribution in [0.3, 0.4) is 0 Å². The van der Waals surface area contributed by atoms with E-state index in [1.54, 1.807) is 31.3 Å². The maximum Gasteiger partial charge on any atom is 0.254 e. The van der Waals surface area contributed by atoms with Crippen molar-refractivity contribution in [2.45, 2.75) is 10.3 Å². The number of carbonyl (C=O) groups excluding carboxylic acids is 2. The van der Waals surface area contributed by atoms with Gasteiger partial charge in [-0.05, 0) is 30.2 Å². The number of carbonyl (C=O) groups is 2. The Morgan fingerprint density at radius 2 is 1.92 bits per heavy atom. The van der Waals surface area contributed by atoms with Gasteiger partial charge < -0.3 is 4.90 Å². The molecule has 0 saturated heterocycles. The molecular weight excluding hydrogens is 427 g/mol. The van der Waals surface area contributed by atoms with Gasteiger partial charge in [-0.1, -0.05) is 46.9 Å². The Kier molecular flexibility index (Phi) is 6.42. The van der Waals surface area contributed by atoms with Crippen molar-refractivity contribution in [1.82, 2.24) is 4.90 Å². The molecule has 2 rings (SSSR count). The molecule has 0 aliphatic heterocycles. The molecule has 0 aliphatic rings. The number of benzene rings is 2. The fraction of sp³-hybridized carbons (Fsp3) is 0.222. The first-order valence-corrected chi connectivity index (χ1v) is 8.54. The molecule has 0 heterocycles. The van der Waals surface area contributed by atoms with Gasteiger partial charge in [0.25, 0.3) is 5.91 Å². The Hall–Kier alpha value is -1.83. The standard InChI is InChI=1S/C18H16F2INO2/c1-22(18(24)15-5-3-2-4-13(15)11-23)10-14(21)8-12-6-7-16(19)17(20)9-12/h2-7,9,11,14H,8,10H2,1H3. The third-order valence-corrected chi connectivity index (χ3v) is 4.41. The van der Waals surface area contributed by atoms with Gasteiger partial charge >= 0.3 is 0 Å². The van der Waals surface area contributed by atoms with Crippen LogP contribution in [0.25, 0.3) is 0 Å². The van der Waals surface area contributed by atoms with Gasteiger partial charge in [0.15, 0.2) is 17.9 Å². The summed E-state index contributed by atoms with van der Waals surface area (Å²) in [6.07, 6.45) is 1.16. The maximum absolute atomic E-state index is 13.3. The van der Waals surface area contributed by atoms with E-state index in [1.165, 1.54) is 17.0 Å². The molecule has 6 heteroatoms. The van der Waals surface area contributed by atoms with Gasteiger partial charge in [0, 0.05) is 23.1 Å². The van der Waals surface area contributed by atoms with E-state index in [0.717, 1.165) is 6.07 Å². The highest BCUT2D eigenvalue weighted by molar-refractivity contribution is 14.1. The van der Waals surface area contributed by atoms with E-state index in [0.29, 0.717) is 35.9 Å².